The zero-order valence-electron chi connectivity index (χ0n) is 9.67. The largest absolute Gasteiger partial charge is 0.476 e. The Balaban J connectivity index is 2.70. The van der Waals surface area contributed by atoms with Gasteiger partial charge in [-0.05, 0) is 22.0 Å². The molecule has 0 fully saturated rings. The van der Waals surface area contributed by atoms with Crippen molar-refractivity contribution in [1.29, 1.82) is 0 Å². The second-order valence-electron chi connectivity index (χ2n) is 3.30. The van der Waals surface area contributed by atoms with Crippen molar-refractivity contribution >= 4 is 11.7 Å². The molecule has 7 nitrogen and oxygen atoms in total. The summed E-state index contributed by atoms with van der Waals surface area (Å²) in [5.74, 6) is 1.30. The molecule has 94 valence electrons. The number of nitro groups is 1. The van der Waals surface area contributed by atoms with Gasteiger partial charge >= 0.3 is 5.82 Å². The van der Waals surface area contributed by atoms with Crippen LogP contribution in [-0.4, -0.2) is 29.0 Å². The molecule has 1 heterocycles. The van der Waals surface area contributed by atoms with Crippen LogP contribution in [-0.2, 0) is 4.79 Å². The van der Waals surface area contributed by atoms with E-state index in [9.17, 15) is 14.9 Å². The topological polar surface area (TPSA) is 94.4 Å². The normalized spacial score (nSPS) is 9.33. The maximum atomic E-state index is 11.2. The monoisotopic (exact) mass is 249 g/mol. The van der Waals surface area contributed by atoms with Gasteiger partial charge in [0.2, 0.25) is 5.75 Å². The zero-order chi connectivity index (χ0) is 13.5. The lowest BCUT2D eigenvalue weighted by molar-refractivity contribution is -0.390. The minimum atomic E-state index is -0.665. The number of carbonyl (C=O) groups is 1. The highest BCUT2D eigenvalue weighted by atomic mass is 16.6. The SMILES string of the molecule is C#CCNC(=O)COc1ccc(C)nc1[N+](=O)[O-]. The maximum absolute atomic E-state index is 11.2. The van der Waals surface area contributed by atoms with Gasteiger partial charge in [-0.3, -0.25) is 4.79 Å². The van der Waals surface area contributed by atoms with Gasteiger partial charge in [-0.25, -0.2) is 0 Å². The molecule has 7 heteroatoms. The fraction of sp³-hybridized carbons (Fsp3) is 0.273. The molecular formula is C11H11N3O4. The Morgan fingerprint density at radius 1 is 1.67 bits per heavy atom. The Bertz CT molecular complexity index is 508. The van der Waals surface area contributed by atoms with E-state index in [0.717, 1.165) is 0 Å². The minimum Gasteiger partial charge on any atom is -0.476 e. The van der Waals surface area contributed by atoms with Crippen molar-refractivity contribution in [1.82, 2.24) is 10.3 Å². The molecule has 0 unspecified atom stereocenters. The van der Waals surface area contributed by atoms with E-state index in [-0.39, 0.29) is 18.9 Å². The van der Waals surface area contributed by atoms with Crippen molar-refractivity contribution in [3.8, 4) is 18.1 Å². The lowest BCUT2D eigenvalue weighted by Gasteiger charge is -2.06. The van der Waals surface area contributed by atoms with Crippen LogP contribution in [0.15, 0.2) is 12.1 Å². The summed E-state index contributed by atoms with van der Waals surface area (Å²) >= 11 is 0. The molecule has 18 heavy (non-hydrogen) atoms. The number of aryl methyl sites for hydroxylation is 1. The van der Waals surface area contributed by atoms with E-state index in [2.05, 4.69) is 16.2 Å². The average Bonchev–Trinajstić information content (AvgIpc) is 2.34. The first-order valence-corrected chi connectivity index (χ1v) is 4.99. The summed E-state index contributed by atoms with van der Waals surface area (Å²) in [5, 5.41) is 13.1. The second kappa shape index (κ2) is 6.20. The van der Waals surface area contributed by atoms with E-state index >= 15 is 0 Å². The van der Waals surface area contributed by atoms with E-state index in [1.54, 1.807) is 13.0 Å². The van der Waals surface area contributed by atoms with Gasteiger partial charge in [0.15, 0.2) is 6.61 Å². The molecule has 1 aromatic rings. The van der Waals surface area contributed by atoms with Crippen molar-refractivity contribution in [3.63, 3.8) is 0 Å². The van der Waals surface area contributed by atoms with Crippen LogP contribution in [0.3, 0.4) is 0 Å². The van der Waals surface area contributed by atoms with Crippen LogP contribution >= 0.6 is 0 Å². The molecule has 1 amide bonds. The first-order valence-electron chi connectivity index (χ1n) is 4.99. The van der Waals surface area contributed by atoms with Gasteiger partial charge in [-0.1, -0.05) is 5.92 Å². The third-order valence-electron chi connectivity index (χ3n) is 1.90. The van der Waals surface area contributed by atoms with Crippen LogP contribution < -0.4 is 10.1 Å². The van der Waals surface area contributed by atoms with Crippen molar-refractivity contribution < 1.29 is 14.5 Å². The average molecular weight is 249 g/mol. The number of terminal acetylenes is 1. The molecule has 0 saturated heterocycles. The maximum Gasteiger partial charge on any atom is 0.406 e. The number of hydrogen-bond donors (Lipinski definition) is 1. The van der Waals surface area contributed by atoms with Crippen LogP contribution in [0.25, 0.3) is 0 Å². The van der Waals surface area contributed by atoms with Crippen LogP contribution in [0.1, 0.15) is 5.69 Å². The van der Waals surface area contributed by atoms with Crippen LogP contribution in [0, 0.1) is 29.4 Å². The molecule has 0 aliphatic rings. The number of ether oxygens (including phenoxy) is 1. The van der Waals surface area contributed by atoms with E-state index in [4.69, 9.17) is 11.2 Å². The van der Waals surface area contributed by atoms with Gasteiger partial charge in [0.25, 0.3) is 5.91 Å². The van der Waals surface area contributed by atoms with Gasteiger partial charge < -0.3 is 20.2 Å². The molecule has 0 aliphatic carbocycles. The van der Waals surface area contributed by atoms with Crippen molar-refractivity contribution in [3.05, 3.63) is 27.9 Å². The summed E-state index contributed by atoms with van der Waals surface area (Å²) < 4.78 is 5.03. The number of nitrogens with zero attached hydrogens (tertiary/aromatic N) is 2. The van der Waals surface area contributed by atoms with Gasteiger partial charge in [0.1, 0.15) is 5.69 Å². The van der Waals surface area contributed by atoms with Gasteiger partial charge in [0, 0.05) is 6.92 Å². The molecule has 0 atom stereocenters. The Morgan fingerprint density at radius 2 is 2.39 bits per heavy atom. The molecule has 0 radical (unpaired) electrons. The fourth-order valence-electron chi connectivity index (χ4n) is 1.12. The summed E-state index contributed by atoms with van der Waals surface area (Å²) in [4.78, 5) is 25.0. The fourth-order valence-corrected chi connectivity index (χ4v) is 1.12. The van der Waals surface area contributed by atoms with Crippen LogP contribution in [0.2, 0.25) is 0 Å². The van der Waals surface area contributed by atoms with Crippen LogP contribution in [0.5, 0.6) is 5.75 Å². The Morgan fingerprint density at radius 3 is 3.00 bits per heavy atom. The molecule has 1 rings (SSSR count). The summed E-state index contributed by atoms with van der Waals surface area (Å²) in [6.45, 7) is 1.35. The lowest BCUT2D eigenvalue weighted by atomic mass is 10.3. The van der Waals surface area contributed by atoms with Crippen molar-refractivity contribution in [2.24, 2.45) is 0 Å². The Hall–Kier alpha value is -2.62. The summed E-state index contributed by atoms with van der Waals surface area (Å²) in [7, 11) is 0. The minimum absolute atomic E-state index is 0.0542. The van der Waals surface area contributed by atoms with Crippen molar-refractivity contribution in [2.75, 3.05) is 13.2 Å². The summed E-state index contributed by atoms with van der Waals surface area (Å²) in [6, 6.07) is 2.95. The number of nitrogens with one attached hydrogen (secondary N) is 1. The third kappa shape index (κ3) is 3.75. The molecule has 1 aromatic heterocycles. The lowest BCUT2D eigenvalue weighted by Crippen LogP contribution is -2.29. The first-order chi connectivity index (χ1) is 8.54. The molecule has 1 N–H and O–H groups in total. The summed E-state index contributed by atoms with van der Waals surface area (Å²) in [5.41, 5.74) is 0.492. The highest BCUT2D eigenvalue weighted by Crippen LogP contribution is 2.24. The van der Waals surface area contributed by atoms with Crippen LogP contribution in [0.4, 0.5) is 5.82 Å². The Labute approximate surface area is 103 Å². The van der Waals surface area contributed by atoms with E-state index in [0.29, 0.717) is 5.69 Å². The predicted octanol–water partition coefficient (Wildman–Crippen LogP) is 0.426. The number of amides is 1. The van der Waals surface area contributed by atoms with Gasteiger partial charge in [-0.2, -0.15) is 0 Å². The Kier molecular flexibility index (Phi) is 4.63. The van der Waals surface area contributed by atoms with E-state index < -0.39 is 16.6 Å². The molecule has 0 spiro atoms. The van der Waals surface area contributed by atoms with Crippen molar-refractivity contribution in [2.45, 2.75) is 6.92 Å². The molecule has 0 aliphatic heterocycles. The summed E-state index contributed by atoms with van der Waals surface area (Å²) in [6.07, 6.45) is 4.96. The molecule has 0 saturated carbocycles. The number of rotatable bonds is 5. The van der Waals surface area contributed by atoms with Gasteiger partial charge in [0.05, 0.1) is 6.54 Å². The standard InChI is InChI=1S/C11H11N3O4/c1-3-6-12-10(15)7-18-9-5-4-8(2)13-11(9)14(16)17/h1,4-5H,6-7H2,2H3,(H,12,15). The number of pyridine rings is 1. The number of hydrogen-bond acceptors (Lipinski definition) is 5. The highest BCUT2D eigenvalue weighted by molar-refractivity contribution is 5.77. The second-order valence-corrected chi connectivity index (χ2v) is 3.30. The van der Waals surface area contributed by atoms with Gasteiger partial charge in [-0.15, -0.1) is 6.42 Å². The number of carbonyl (C=O) groups excluding carboxylic acids is 1. The first kappa shape index (κ1) is 13.4. The smallest absolute Gasteiger partial charge is 0.406 e. The quantitative estimate of drug-likeness (QED) is 0.464. The molecular weight excluding hydrogens is 238 g/mol. The highest BCUT2D eigenvalue weighted by Gasteiger charge is 2.18. The van der Waals surface area contributed by atoms with E-state index in [1.807, 2.05) is 0 Å². The third-order valence-corrected chi connectivity index (χ3v) is 1.90. The zero-order valence-corrected chi connectivity index (χ0v) is 9.67. The number of aromatic nitrogens is 1. The van der Waals surface area contributed by atoms with E-state index in [1.165, 1.54) is 6.07 Å². The molecule has 0 bridgehead atoms. The molecule has 0 aromatic carbocycles. The predicted molar refractivity (Wildman–Crippen MR) is 63.0 cm³/mol.